The minimum absolute atomic E-state index is 0.555. The molecule has 0 aromatic rings. The van der Waals surface area contributed by atoms with Crippen LogP contribution in [0.15, 0.2) is 48.9 Å². The van der Waals surface area contributed by atoms with Gasteiger partial charge in [0, 0.05) is 17.9 Å². The number of hydrogen-bond donors (Lipinski definition) is 2. The predicted octanol–water partition coefficient (Wildman–Crippen LogP) is 4.54. The maximum absolute atomic E-state index is 4.03. The van der Waals surface area contributed by atoms with E-state index in [0.717, 1.165) is 31.5 Å². The van der Waals surface area contributed by atoms with Crippen LogP contribution in [0.1, 0.15) is 47.0 Å². The Bertz CT molecular complexity index is 335. The number of allylic oxidation sites excluding steroid dienone is 5. The topological polar surface area (TPSA) is 24.1 Å². The molecule has 0 amide bonds. The summed E-state index contributed by atoms with van der Waals surface area (Å²) in [5.74, 6) is 0.657. The zero-order valence-corrected chi connectivity index (χ0v) is 13.7. The third-order valence-corrected chi connectivity index (χ3v) is 2.81. The number of hydrogen-bond acceptors (Lipinski definition) is 2. The summed E-state index contributed by atoms with van der Waals surface area (Å²) >= 11 is 0. The first kappa shape index (κ1) is 18.7. The minimum atomic E-state index is 0.555. The predicted molar refractivity (Wildman–Crippen MR) is 91.5 cm³/mol. The molecule has 0 aromatic carbocycles. The fourth-order valence-corrected chi connectivity index (χ4v) is 1.79. The molecule has 0 rings (SSSR count). The average molecular weight is 276 g/mol. The molecular formula is C18H32N2. The summed E-state index contributed by atoms with van der Waals surface area (Å²) in [5.41, 5.74) is 2.33. The Labute approximate surface area is 125 Å². The lowest BCUT2D eigenvalue weighted by Crippen LogP contribution is -2.23. The highest BCUT2D eigenvalue weighted by atomic mass is 14.9. The molecule has 20 heavy (non-hydrogen) atoms. The Kier molecular flexibility index (Phi) is 10.8. The molecule has 0 radical (unpaired) electrons. The van der Waals surface area contributed by atoms with Gasteiger partial charge in [0.2, 0.25) is 0 Å². The summed E-state index contributed by atoms with van der Waals surface area (Å²) in [6.45, 7) is 17.7. The van der Waals surface area contributed by atoms with Crippen LogP contribution in [0.3, 0.4) is 0 Å². The Morgan fingerprint density at radius 3 is 2.45 bits per heavy atom. The van der Waals surface area contributed by atoms with E-state index in [1.165, 1.54) is 5.57 Å². The molecular weight excluding hydrogens is 244 g/mol. The summed E-state index contributed by atoms with van der Waals surface area (Å²) in [5, 5.41) is 6.62. The van der Waals surface area contributed by atoms with Crippen LogP contribution in [-0.2, 0) is 0 Å². The summed E-state index contributed by atoms with van der Waals surface area (Å²) in [7, 11) is 0. The molecule has 0 aliphatic heterocycles. The van der Waals surface area contributed by atoms with Gasteiger partial charge in [0.15, 0.2) is 0 Å². The maximum Gasteiger partial charge on any atom is 0.00738 e. The summed E-state index contributed by atoms with van der Waals surface area (Å²) < 4.78 is 0. The quantitative estimate of drug-likeness (QED) is 0.427. The standard InChI is InChI=1S/C18H32N2/c1-7-18(14-15(2)3)11-9-13-20-17(6)10-8-12-19-16(4)5/h7,9,11,13,15-16,19-20H,1,6,8,10,12,14H2,2-5H3/b13-9-,18-11+. The lowest BCUT2D eigenvalue weighted by atomic mass is 10.0. The molecule has 0 saturated heterocycles. The molecule has 0 aromatic heterocycles. The fraction of sp³-hybridized carbons (Fsp3) is 0.556. The van der Waals surface area contributed by atoms with Crippen LogP contribution >= 0.6 is 0 Å². The molecule has 0 aliphatic carbocycles. The molecule has 2 nitrogen and oxygen atoms in total. The lowest BCUT2D eigenvalue weighted by Gasteiger charge is -2.09. The van der Waals surface area contributed by atoms with Crippen molar-refractivity contribution in [3.63, 3.8) is 0 Å². The zero-order valence-electron chi connectivity index (χ0n) is 13.7. The van der Waals surface area contributed by atoms with Gasteiger partial charge in [-0.25, -0.2) is 0 Å². The van der Waals surface area contributed by atoms with Crippen LogP contribution in [0.2, 0.25) is 0 Å². The van der Waals surface area contributed by atoms with E-state index < -0.39 is 0 Å². The monoisotopic (exact) mass is 276 g/mol. The first-order valence-electron chi connectivity index (χ1n) is 7.61. The van der Waals surface area contributed by atoms with Crippen molar-refractivity contribution >= 4 is 0 Å². The third kappa shape index (κ3) is 11.8. The Hall–Kier alpha value is -1.28. The molecule has 0 unspecified atom stereocenters. The van der Waals surface area contributed by atoms with E-state index in [9.17, 15) is 0 Å². The van der Waals surface area contributed by atoms with Gasteiger partial charge in [0.25, 0.3) is 0 Å². The van der Waals surface area contributed by atoms with Crippen molar-refractivity contribution in [2.75, 3.05) is 6.54 Å². The zero-order chi connectivity index (χ0) is 15.4. The van der Waals surface area contributed by atoms with Gasteiger partial charge in [-0.3, -0.25) is 0 Å². The van der Waals surface area contributed by atoms with Crippen LogP contribution in [0.5, 0.6) is 0 Å². The van der Waals surface area contributed by atoms with E-state index in [4.69, 9.17) is 0 Å². The molecule has 2 N–H and O–H groups in total. The smallest absolute Gasteiger partial charge is 0.00738 e. The second-order valence-corrected chi connectivity index (χ2v) is 5.86. The number of nitrogens with one attached hydrogen (secondary N) is 2. The normalized spacial score (nSPS) is 12.4. The minimum Gasteiger partial charge on any atom is -0.365 e. The average Bonchev–Trinajstić information content (AvgIpc) is 2.37. The second kappa shape index (κ2) is 11.5. The van der Waals surface area contributed by atoms with Gasteiger partial charge in [-0.2, -0.15) is 0 Å². The van der Waals surface area contributed by atoms with Crippen LogP contribution in [0, 0.1) is 5.92 Å². The van der Waals surface area contributed by atoms with Gasteiger partial charge in [0.05, 0.1) is 0 Å². The van der Waals surface area contributed by atoms with Crippen molar-refractivity contribution in [3.05, 3.63) is 48.9 Å². The van der Waals surface area contributed by atoms with Gasteiger partial charge in [0.1, 0.15) is 0 Å². The Morgan fingerprint density at radius 2 is 1.90 bits per heavy atom. The SMILES string of the molecule is C=C/C(=C\C=C/NC(=C)CCCNC(C)C)CC(C)C. The second-order valence-electron chi connectivity index (χ2n) is 5.86. The molecule has 114 valence electrons. The van der Waals surface area contributed by atoms with Gasteiger partial charge in [-0.05, 0) is 43.4 Å². The van der Waals surface area contributed by atoms with Crippen LogP contribution in [-0.4, -0.2) is 12.6 Å². The van der Waals surface area contributed by atoms with E-state index in [1.54, 1.807) is 0 Å². The molecule has 0 saturated carbocycles. The molecule has 0 fully saturated rings. The van der Waals surface area contributed by atoms with Crippen molar-refractivity contribution in [1.29, 1.82) is 0 Å². The van der Waals surface area contributed by atoms with E-state index in [0.29, 0.717) is 12.0 Å². The fourth-order valence-electron chi connectivity index (χ4n) is 1.79. The van der Waals surface area contributed by atoms with E-state index in [2.05, 4.69) is 57.6 Å². The van der Waals surface area contributed by atoms with E-state index in [1.807, 2.05) is 18.4 Å². The first-order valence-corrected chi connectivity index (χ1v) is 7.61. The van der Waals surface area contributed by atoms with Crippen molar-refractivity contribution in [2.24, 2.45) is 5.92 Å². The molecule has 0 spiro atoms. The van der Waals surface area contributed by atoms with Crippen LogP contribution in [0.25, 0.3) is 0 Å². The molecule has 2 heteroatoms. The van der Waals surface area contributed by atoms with Crippen molar-refractivity contribution in [3.8, 4) is 0 Å². The summed E-state index contributed by atoms with van der Waals surface area (Å²) in [6.07, 6.45) is 11.2. The first-order chi connectivity index (χ1) is 9.45. The molecule has 0 heterocycles. The van der Waals surface area contributed by atoms with E-state index in [-0.39, 0.29) is 0 Å². The Morgan fingerprint density at radius 1 is 1.20 bits per heavy atom. The highest BCUT2D eigenvalue weighted by Crippen LogP contribution is 2.11. The summed E-state index contributed by atoms with van der Waals surface area (Å²) in [6, 6.07) is 0.555. The van der Waals surface area contributed by atoms with Crippen molar-refractivity contribution < 1.29 is 0 Å². The van der Waals surface area contributed by atoms with Gasteiger partial charge < -0.3 is 10.6 Å². The van der Waals surface area contributed by atoms with Crippen molar-refractivity contribution in [1.82, 2.24) is 10.6 Å². The lowest BCUT2D eigenvalue weighted by molar-refractivity contribution is 0.567. The third-order valence-electron chi connectivity index (χ3n) is 2.81. The Balaban J connectivity index is 3.90. The highest BCUT2D eigenvalue weighted by Gasteiger charge is 1.96. The van der Waals surface area contributed by atoms with Crippen LogP contribution < -0.4 is 10.6 Å². The van der Waals surface area contributed by atoms with Crippen molar-refractivity contribution in [2.45, 2.75) is 53.0 Å². The van der Waals surface area contributed by atoms with E-state index >= 15 is 0 Å². The number of rotatable bonds is 11. The maximum atomic E-state index is 4.03. The largest absolute Gasteiger partial charge is 0.365 e. The highest BCUT2D eigenvalue weighted by molar-refractivity contribution is 5.22. The van der Waals surface area contributed by atoms with Gasteiger partial charge in [-0.1, -0.05) is 53.0 Å². The molecule has 0 bridgehead atoms. The van der Waals surface area contributed by atoms with Crippen LogP contribution in [0.4, 0.5) is 0 Å². The summed E-state index contributed by atoms with van der Waals surface area (Å²) in [4.78, 5) is 0. The molecule has 0 aliphatic rings. The van der Waals surface area contributed by atoms with Gasteiger partial charge >= 0.3 is 0 Å². The van der Waals surface area contributed by atoms with Gasteiger partial charge in [-0.15, -0.1) is 0 Å². The molecule has 0 atom stereocenters.